The number of carbonyl (C=O) groups is 1. The zero-order valence-electron chi connectivity index (χ0n) is 13.6. The smallest absolute Gasteiger partial charge is 0.246 e. The van der Waals surface area contributed by atoms with Crippen LogP contribution in [-0.2, 0) is 14.8 Å². The molecular weight excluding hydrogens is 335 g/mol. The van der Waals surface area contributed by atoms with Crippen LogP contribution in [0.4, 0.5) is 4.39 Å². The Bertz CT molecular complexity index is 726. The first-order valence-corrected chi connectivity index (χ1v) is 9.50. The second kappa shape index (κ2) is 6.68. The van der Waals surface area contributed by atoms with Crippen molar-refractivity contribution in [3.8, 4) is 5.75 Å². The Morgan fingerprint density at radius 2 is 1.88 bits per heavy atom. The SMILES string of the molecule is COc1ccc(F)cc1S(=O)(=O)N1CCN(C(=O)C2CCC2)CC1. The number of hydrogen-bond donors (Lipinski definition) is 0. The van der Waals surface area contributed by atoms with Gasteiger partial charge in [-0.15, -0.1) is 0 Å². The van der Waals surface area contributed by atoms with Crippen LogP contribution in [0.1, 0.15) is 19.3 Å². The molecule has 0 bridgehead atoms. The van der Waals surface area contributed by atoms with Gasteiger partial charge in [-0.25, -0.2) is 12.8 Å². The summed E-state index contributed by atoms with van der Waals surface area (Å²) >= 11 is 0. The Labute approximate surface area is 141 Å². The lowest BCUT2D eigenvalue weighted by atomic mass is 9.84. The maximum atomic E-state index is 13.5. The van der Waals surface area contributed by atoms with Crippen molar-refractivity contribution >= 4 is 15.9 Å². The van der Waals surface area contributed by atoms with E-state index in [9.17, 15) is 17.6 Å². The summed E-state index contributed by atoms with van der Waals surface area (Å²) in [6.07, 6.45) is 2.94. The lowest BCUT2D eigenvalue weighted by molar-refractivity contribution is -0.139. The number of halogens is 1. The first-order chi connectivity index (χ1) is 11.4. The molecule has 0 unspecified atom stereocenters. The molecule has 1 amide bonds. The summed E-state index contributed by atoms with van der Waals surface area (Å²) in [6, 6.07) is 3.44. The second-order valence-electron chi connectivity index (χ2n) is 6.15. The number of nitrogens with zero attached hydrogens (tertiary/aromatic N) is 2. The molecule has 24 heavy (non-hydrogen) atoms. The molecule has 1 aliphatic carbocycles. The van der Waals surface area contributed by atoms with E-state index in [1.165, 1.54) is 17.5 Å². The molecule has 132 valence electrons. The van der Waals surface area contributed by atoms with Crippen LogP contribution < -0.4 is 4.74 Å². The van der Waals surface area contributed by atoms with Gasteiger partial charge in [0, 0.05) is 32.1 Å². The summed E-state index contributed by atoms with van der Waals surface area (Å²) in [5.74, 6) is -0.282. The number of hydrogen-bond acceptors (Lipinski definition) is 4. The van der Waals surface area contributed by atoms with Gasteiger partial charge in [0.2, 0.25) is 15.9 Å². The Morgan fingerprint density at radius 1 is 1.21 bits per heavy atom. The number of ether oxygens (including phenoxy) is 1. The number of methoxy groups -OCH3 is 1. The first kappa shape index (κ1) is 17.2. The Hall–Kier alpha value is -1.67. The lowest BCUT2D eigenvalue weighted by Crippen LogP contribution is -2.52. The Balaban J connectivity index is 1.73. The molecule has 0 spiro atoms. The van der Waals surface area contributed by atoms with E-state index < -0.39 is 15.8 Å². The van der Waals surface area contributed by atoms with Gasteiger partial charge in [0.05, 0.1) is 7.11 Å². The molecule has 0 atom stereocenters. The molecule has 0 radical (unpaired) electrons. The number of amides is 1. The van der Waals surface area contributed by atoms with Crippen LogP contribution in [0.5, 0.6) is 5.75 Å². The van der Waals surface area contributed by atoms with Crippen molar-refractivity contribution in [2.24, 2.45) is 5.92 Å². The number of carbonyl (C=O) groups excluding carboxylic acids is 1. The van der Waals surface area contributed by atoms with Crippen molar-refractivity contribution in [3.63, 3.8) is 0 Å². The van der Waals surface area contributed by atoms with Crippen LogP contribution in [0, 0.1) is 11.7 Å². The van der Waals surface area contributed by atoms with E-state index in [2.05, 4.69) is 0 Å². The summed E-state index contributed by atoms with van der Waals surface area (Å²) in [5, 5.41) is 0. The van der Waals surface area contributed by atoms with Gasteiger partial charge in [0.1, 0.15) is 16.5 Å². The highest BCUT2D eigenvalue weighted by molar-refractivity contribution is 7.89. The van der Waals surface area contributed by atoms with Gasteiger partial charge in [-0.1, -0.05) is 6.42 Å². The van der Waals surface area contributed by atoms with Gasteiger partial charge in [-0.2, -0.15) is 4.31 Å². The number of rotatable bonds is 4. The molecule has 1 saturated carbocycles. The summed E-state index contributed by atoms with van der Waals surface area (Å²) < 4.78 is 45.4. The highest BCUT2D eigenvalue weighted by Gasteiger charge is 2.35. The van der Waals surface area contributed by atoms with Gasteiger partial charge in [-0.05, 0) is 31.0 Å². The van der Waals surface area contributed by atoms with Gasteiger partial charge in [0.25, 0.3) is 0 Å². The summed E-state index contributed by atoms with van der Waals surface area (Å²) in [7, 11) is -2.51. The molecule has 0 aromatic heterocycles. The molecule has 8 heteroatoms. The van der Waals surface area contributed by atoms with Crippen molar-refractivity contribution in [1.29, 1.82) is 0 Å². The van der Waals surface area contributed by atoms with E-state index in [-0.39, 0.29) is 35.6 Å². The maximum absolute atomic E-state index is 13.5. The zero-order valence-corrected chi connectivity index (χ0v) is 14.4. The van der Waals surface area contributed by atoms with Crippen LogP contribution in [0.2, 0.25) is 0 Å². The summed E-state index contributed by atoms with van der Waals surface area (Å²) in [4.78, 5) is 13.8. The molecule has 0 N–H and O–H groups in total. The predicted molar refractivity (Wildman–Crippen MR) is 85.6 cm³/mol. The fourth-order valence-electron chi connectivity index (χ4n) is 3.05. The van der Waals surface area contributed by atoms with E-state index >= 15 is 0 Å². The molecule has 1 heterocycles. The van der Waals surface area contributed by atoms with Crippen LogP contribution in [-0.4, -0.2) is 56.8 Å². The minimum Gasteiger partial charge on any atom is -0.495 e. The number of piperazine rings is 1. The number of benzene rings is 1. The van der Waals surface area contributed by atoms with E-state index in [1.54, 1.807) is 4.90 Å². The normalized spacial score (nSPS) is 19.8. The summed E-state index contributed by atoms with van der Waals surface area (Å²) in [5.41, 5.74) is 0. The Morgan fingerprint density at radius 3 is 2.42 bits per heavy atom. The second-order valence-corrected chi connectivity index (χ2v) is 8.06. The Kier molecular flexibility index (Phi) is 4.78. The highest BCUT2D eigenvalue weighted by Crippen LogP contribution is 2.30. The van der Waals surface area contributed by atoms with Crippen molar-refractivity contribution in [1.82, 2.24) is 9.21 Å². The van der Waals surface area contributed by atoms with Gasteiger partial charge >= 0.3 is 0 Å². The summed E-state index contributed by atoms with van der Waals surface area (Å²) in [6.45, 7) is 1.15. The molecule has 1 aromatic rings. The topological polar surface area (TPSA) is 66.9 Å². The average molecular weight is 356 g/mol. The third-order valence-electron chi connectivity index (χ3n) is 4.75. The minimum absolute atomic E-state index is 0.108. The van der Waals surface area contributed by atoms with E-state index in [4.69, 9.17) is 4.74 Å². The molecular formula is C16H21FN2O4S. The molecule has 6 nitrogen and oxygen atoms in total. The van der Waals surface area contributed by atoms with Crippen molar-refractivity contribution in [2.75, 3.05) is 33.3 Å². The number of sulfonamides is 1. The maximum Gasteiger partial charge on any atom is 0.246 e. The van der Waals surface area contributed by atoms with E-state index in [0.29, 0.717) is 13.1 Å². The molecule has 1 aromatic carbocycles. The fraction of sp³-hybridized carbons (Fsp3) is 0.562. The quantitative estimate of drug-likeness (QED) is 0.819. The first-order valence-electron chi connectivity index (χ1n) is 8.06. The van der Waals surface area contributed by atoms with Crippen molar-refractivity contribution < 1.29 is 22.3 Å². The average Bonchev–Trinajstić information content (AvgIpc) is 2.53. The van der Waals surface area contributed by atoms with Crippen LogP contribution in [0.3, 0.4) is 0 Å². The monoisotopic (exact) mass is 356 g/mol. The molecule has 2 fully saturated rings. The van der Waals surface area contributed by atoms with Gasteiger partial charge in [0.15, 0.2) is 0 Å². The molecule has 2 aliphatic rings. The largest absolute Gasteiger partial charge is 0.495 e. The highest BCUT2D eigenvalue weighted by atomic mass is 32.2. The minimum atomic E-state index is -3.86. The molecule has 1 saturated heterocycles. The van der Waals surface area contributed by atoms with Crippen LogP contribution >= 0.6 is 0 Å². The fourth-order valence-corrected chi connectivity index (χ4v) is 4.64. The predicted octanol–water partition coefficient (Wildman–Crippen LogP) is 1.47. The van der Waals surface area contributed by atoms with Gasteiger partial charge in [-0.3, -0.25) is 4.79 Å². The zero-order chi connectivity index (χ0) is 17.3. The third kappa shape index (κ3) is 3.12. The molecule has 3 rings (SSSR count). The van der Waals surface area contributed by atoms with Crippen molar-refractivity contribution in [2.45, 2.75) is 24.2 Å². The standard InChI is InChI=1S/C16H21FN2O4S/c1-23-14-6-5-13(17)11-15(14)24(21,22)19-9-7-18(8-10-19)16(20)12-3-2-4-12/h5-6,11-12H,2-4,7-10H2,1H3. The van der Waals surface area contributed by atoms with Crippen LogP contribution in [0.15, 0.2) is 23.1 Å². The van der Waals surface area contributed by atoms with Crippen molar-refractivity contribution in [3.05, 3.63) is 24.0 Å². The lowest BCUT2D eigenvalue weighted by Gasteiger charge is -2.37. The van der Waals surface area contributed by atoms with Gasteiger partial charge < -0.3 is 9.64 Å². The molecule has 1 aliphatic heterocycles. The van der Waals surface area contributed by atoms with E-state index in [0.717, 1.165) is 31.4 Å². The van der Waals surface area contributed by atoms with Crippen LogP contribution in [0.25, 0.3) is 0 Å². The third-order valence-corrected chi connectivity index (χ3v) is 6.67. The van der Waals surface area contributed by atoms with E-state index in [1.807, 2.05) is 0 Å².